The molecule has 7 nitrogen and oxygen atoms in total. The van der Waals surface area contributed by atoms with Gasteiger partial charge in [0.05, 0.1) is 18.6 Å². The number of likely N-dealkylation sites (tertiary alicyclic amines) is 1. The molecule has 2 aliphatic heterocycles. The highest BCUT2D eigenvalue weighted by atomic mass is 16.1. The Balaban J connectivity index is 1.18. The number of fused-ring (bicyclic) bond motifs is 1. The van der Waals surface area contributed by atoms with Crippen LogP contribution in [0.5, 0.6) is 0 Å². The molecule has 7 heteroatoms. The van der Waals surface area contributed by atoms with E-state index in [9.17, 15) is 4.79 Å². The Bertz CT molecular complexity index is 1050. The van der Waals surface area contributed by atoms with E-state index >= 15 is 0 Å². The van der Waals surface area contributed by atoms with Crippen molar-refractivity contribution in [1.29, 1.82) is 0 Å². The zero-order valence-corrected chi connectivity index (χ0v) is 17.3. The van der Waals surface area contributed by atoms with Crippen molar-refractivity contribution in [3.05, 3.63) is 65.0 Å². The van der Waals surface area contributed by atoms with Crippen LogP contribution in [0.1, 0.15) is 37.2 Å². The fourth-order valence-electron chi connectivity index (χ4n) is 4.67. The quantitative estimate of drug-likeness (QED) is 0.654. The minimum Gasteiger partial charge on any atom is -0.331 e. The molecule has 0 bridgehead atoms. The van der Waals surface area contributed by atoms with Gasteiger partial charge in [0, 0.05) is 49.0 Å². The van der Waals surface area contributed by atoms with Gasteiger partial charge in [-0.05, 0) is 63.2 Å². The standard InChI is InChI=1S/C23H28N6O/c30-23-12-21(19-4-3-8-24-13-19)26-17-28(23)15-18-6-10-27(11-7-18)16-22-25-14-20-5-1-2-9-29(20)22/h3-4,8,12-14,17-18H,1-2,5-7,9-11,15-16H2. The van der Waals surface area contributed by atoms with E-state index in [4.69, 9.17) is 0 Å². The van der Waals surface area contributed by atoms with Gasteiger partial charge in [0.1, 0.15) is 5.82 Å². The Morgan fingerprint density at radius 3 is 2.77 bits per heavy atom. The van der Waals surface area contributed by atoms with Crippen molar-refractivity contribution in [1.82, 2.24) is 29.0 Å². The van der Waals surface area contributed by atoms with Crippen LogP contribution in [0.25, 0.3) is 11.3 Å². The van der Waals surface area contributed by atoms with E-state index < -0.39 is 0 Å². The van der Waals surface area contributed by atoms with Gasteiger partial charge in [0.25, 0.3) is 5.56 Å². The van der Waals surface area contributed by atoms with Crippen molar-refractivity contribution >= 4 is 0 Å². The first kappa shape index (κ1) is 19.2. The summed E-state index contributed by atoms with van der Waals surface area (Å²) in [6.07, 6.45) is 13.1. The molecular formula is C23H28N6O. The summed E-state index contributed by atoms with van der Waals surface area (Å²) in [5, 5.41) is 0. The highest BCUT2D eigenvalue weighted by Gasteiger charge is 2.22. The fourth-order valence-corrected chi connectivity index (χ4v) is 4.67. The van der Waals surface area contributed by atoms with Crippen LogP contribution in [0, 0.1) is 5.92 Å². The highest BCUT2D eigenvalue weighted by molar-refractivity contribution is 5.56. The number of aryl methyl sites for hydroxylation is 1. The largest absolute Gasteiger partial charge is 0.331 e. The SMILES string of the molecule is O=c1cc(-c2cccnc2)ncn1CC1CCN(Cc2ncc3n2CCCC3)CC1. The van der Waals surface area contributed by atoms with Crippen molar-refractivity contribution in [2.24, 2.45) is 5.92 Å². The minimum atomic E-state index is 0.00953. The molecule has 0 N–H and O–H groups in total. The van der Waals surface area contributed by atoms with Gasteiger partial charge in [-0.15, -0.1) is 0 Å². The van der Waals surface area contributed by atoms with E-state index in [1.54, 1.807) is 29.4 Å². The molecule has 156 valence electrons. The van der Waals surface area contributed by atoms with Crippen molar-refractivity contribution in [2.75, 3.05) is 13.1 Å². The van der Waals surface area contributed by atoms with Crippen LogP contribution in [0.3, 0.4) is 0 Å². The Hall–Kier alpha value is -2.80. The summed E-state index contributed by atoms with van der Waals surface area (Å²) in [7, 11) is 0. The fraction of sp³-hybridized carbons (Fsp3) is 0.478. The molecule has 1 fully saturated rings. The molecule has 0 saturated carbocycles. The molecule has 0 spiro atoms. The van der Waals surface area contributed by atoms with Crippen LogP contribution in [0.4, 0.5) is 0 Å². The van der Waals surface area contributed by atoms with Crippen LogP contribution in [-0.4, -0.2) is 42.1 Å². The number of piperidine rings is 1. The molecule has 0 aliphatic carbocycles. The van der Waals surface area contributed by atoms with Gasteiger partial charge >= 0.3 is 0 Å². The molecule has 5 rings (SSSR count). The van der Waals surface area contributed by atoms with Crippen molar-refractivity contribution in [2.45, 2.75) is 51.7 Å². The number of pyridine rings is 1. The van der Waals surface area contributed by atoms with E-state index in [1.165, 1.54) is 24.4 Å². The van der Waals surface area contributed by atoms with E-state index in [2.05, 4.69) is 30.6 Å². The lowest BCUT2D eigenvalue weighted by Gasteiger charge is -2.32. The second kappa shape index (κ2) is 8.52. The molecule has 0 aromatic carbocycles. The molecule has 0 atom stereocenters. The molecule has 3 aromatic heterocycles. The van der Waals surface area contributed by atoms with Crippen LogP contribution in [0.15, 0.2) is 47.9 Å². The van der Waals surface area contributed by atoms with E-state index in [0.29, 0.717) is 11.6 Å². The van der Waals surface area contributed by atoms with E-state index in [1.807, 2.05) is 12.1 Å². The summed E-state index contributed by atoms with van der Waals surface area (Å²) in [6, 6.07) is 5.40. The third kappa shape index (κ3) is 4.07. The molecule has 0 unspecified atom stereocenters. The summed E-state index contributed by atoms with van der Waals surface area (Å²) in [5.41, 5.74) is 2.96. The lowest BCUT2D eigenvalue weighted by molar-refractivity contribution is 0.161. The molecule has 5 heterocycles. The maximum absolute atomic E-state index is 12.6. The first-order valence-corrected chi connectivity index (χ1v) is 11.0. The smallest absolute Gasteiger partial charge is 0.253 e. The van der Waals surface area contributed by atoms with Crippen LogP contribution < -0.4 is 5.56 Å². The molecule has 30 heavy (non-hydrogen) atoms. The average molecular weight is 405 g/mol. The zero-order valence-electron chi connectivity index (χ0n) is 17.3. The van der Waals surface area contributed by atoms with Gasteiger partial charge in [-0.25, -0.2) is 9.97 Å². The van der Waals surface area contributed by atoms with Gasteiger partial charge in [-0.3, -0.25) is 19.2 Å². The number of aromatic nitrogens is 5. The van der Waals surface area contributed by atoms with Gasteiger partial charge in [0.2, 0.25) is 0 Å². The number of hydrogen-bond donors (Lipinski definition) is 0. The number of nitrogens with zero attached hydrogens (tertiary/aromatic N) is 6. The van der Waals surface area contributed by atoms with Gasteiger partial charge < -0.3 is 4.57 Å². The monoisotopic (exact) mass is 404 g/mol. The van der Waals surface area contributed by atoms with Gasteiger partial charge in [-0.1, -0.05) is 0 Å². The third-order valence-electron chi connectivity index (χ3n) is 6.45. The summed E-state index contributed by atoms with van der Waals surface area (Å²) >= 11 is 0. The number of imidazole rings is 1. The first-order chi connectivity index (χ1) is 14.8. The van der Waals surface area contributed by atoms with Gasteiger partial charge in [0.15, 0.2) is 0 Å². The predicted octanol–water partition coefficient (Wildman–Crippen LogP) is 2.75. The number of hydrogen-bond acceptors (Lipinski definition) is 5. The second-order valence-electron chi connectivity index (χ2n) is 8.50. The van der Waals surface area contributed by atoms with E-state index in [-0.39, 0.29) is 5.56 Å². The highest BCUT2D eigenvalue weighted by Crippen LogP contribution is 2.22. The van der Waals surface area contributed by atoms with E-state index in [0.717, 1.165) is 57.5 Å². The molecule has 2 aliphatic rings. The molecule has 3 aromatic rings. The first-order valence-electron chi connectivity index (χ1n) is 11.0. The molecule has 0 radical (unpaired) electrons. The molecule has 0 amide bonds. The maximum Gasteiger partial charge on any atom is 0.253 e. The van der Waals surface area contributed by atoms with Crippen LogP contribution >= 0.6 is 0 Å². The molecular weight excluding hydrogens is 376 g/mol. The summed E-state index contributed by atoms with van der Waals surface area (Å²) in [4.78, 5) is 28.4. The maximum atomic E-state index is 12.6. The van der Waals surface area contributed by atoms with Crippen molar-refractivity contribution < 1.29 is 0 Å². The molecule has 1 saturated heterocycles. The lowest BCUT2D eigenvalue weighted by atomic mass is 9.96. The lowest BCUT2D eigenvalue weighted by Crippen LogP contribution is -2.36. The van der Waals surface area contributed by atoms with Crippen molar-refractivity contribution in [3.63, 3.8) is 0 Å². The Morgan fingerprint density at radius 1 is 1.07 bits per heavy atom. The van der Waals surface area contributed by atoms with Crippen LogP contribution in [0.2, 0.25) is 0 Å². The Labute approximate surface area is 176 Å². The Morgan fingerprint density at radius 2 is 1.97 bits per heavy atom. The second-order valence-corrected chi connectivity index (χ2v) is 8.50. The summed E-state index contributed by atoms with van der Waals surface area (Å²) in [6.45, 7) is 4.91. The minimum absolute atomic E-state index is 0.00953. The average Bonchev–Trinajstić information content (AvgIpc) is 3.20. The zero-order chi connectivity index (χ0) is 20.3. The topological polar surface area (TPSA) is 68.8 Å². The Kier molecular flexibility index (Phi) is 5.45. The third-order valence-corrected chi connectivity index (χ3v) is 6.45. The van der Waals surface area contributed by atoms with Crippen molar-refractivity contribution in [3.8, 4) is 11.3 Å². The summed E-state index contributed by atoms with van der Waals surface area (Å²) in [5.74, 6) is 1.73. The van der Waals surface area contributed by atoms with Crippen LogP contribution in [-0.2, 0) is 26.1 Å². The predicted molar refractivity (Wildman–Crippen MR) is 115 cm³/mol. The summed E-state index contributed by atoms with van der Waals surface area (Å²) < 4.78 is 4.18. The normalized spacial score (nSPS) is 17.7. The number of rotatable bonds is 5. The van der Waals surface area contributed by atoms with Gasteiger partial charge in [-0.2, -0.15) is 0 Å².